The van der Waals surface area contributed by atoms with Gasteiger partial charge in [0.05, 0.1) is 6.54 Å². The van der Waals surface area contributed by atoms with Crippen LogP contribution in [0.15, 0.2) is 10.1 Å². The number of nitrogens with one attached hydrogen (secondary N) is 1. The van der Waals surface area contributed by atoms with E-state index >= 15 is 0 Å². The molecular formula is C23H37N3O2. The highest BCUT2D eigenvalue weighted by Crippen LogP contribution is 2.27. The molecule has 1 N–H and O–H groups in total. The zero-order chi connectivity index (χ0) is 19.6. The lowest BCUT2D eigenvalue weighted by molar-refractivity contribution is -0.126. The average molecular weight is 388 g/mol. The molecule has 5 nitrogen and oxygen atoms in total. The minimum absolute atomic E-state index is 0.0967. The van der Waals surface area contributed by atoms with Gasteiger partial charge in [0.1, 0.15) is 0 Å². The number of aliphatic imine (C=N–C) groups is 1. The molecular weight excluding hydrogens is 350 g/mol. The Kier molecular flexibility index (Phi) is 8.69. The lowest BCUT2D eigenvalue weighted by Gasteiger charge is -2.24. The van der Waals surface area contributed by atoms with Gasteiger partial charge in [-0.15, -0.1) is 0 Å². The second-order valence-electron chi connectivity index (χ2n) is 9.06. The average Bonchev–Trinajstić information content (AvgIpc) is 2.76. The molecule has 28 heavy (non-hydrogen) atoms. The fourth-order valence-electron chi connectivity index (χ4n) is 4.95. The number of hydrogen-bond acceptors (Lipinski definition) is 4. The minimum atomic E-state index is 0.0967. The Balaban J connectivity index is 1.30. The van der Waals surface area contributed by atoms with Crippen molar-refractivity contribution in [2.24, 2.45) is 33.8 Å². The summed E-state index contributed by atoms with van der Waals surface area (Å²) in [5.74, 6) is 1.79. The molecule has 0 unspecified atom stereocenters. The third kappa shape index (κ3) is 6.82. The number of amides is 1. The molecule has 3 saturated carbocycles. The molecule has 0 aromatic carbocycles. The van der Waals surface area contributed by atoms with E-state index < -0.39 is 0 Å². The first kappa shape index (κ1) is 21.2. The Hall–Kier alpha value is -1.52. The van der Waals surface area contributed by atoms with Crippen LogP contribution < -0.4 is 5.43 Å². The van der Waals surface area contributed by atoms with Crippen molar-refractivity contribution in [1.29, 1.82) is 0 Å². The molecule has 0 atom stereocenters. The van der Waals surface area contributed by atoms with Crippen molar-refractivity contribution in [3.8, 4) is 0 Å². The molecule has 1 amide bonds. The summed E-state index contributed by atoms with van der Waals surface area (Å²) in [7, 11) is 0. The number of hydrazone groups is 1. The zero-order valence-electron chi connectivity index (χ0n) is 17.3. The topological polar surface area (TPSA) is 70.9 Å². The maximum atomic E-state index is 12.2. The first-order valence-corrected chi connectivity index (χ1v) is 11.6. The van der Waals surface area contributed by atoms with Crippen molar-refractivity contribution in [1.82, 2.24) is 5.43 Å². The van der Waals surface area contributed by atoms with Gasteiger partial charge >= 0.3 is 0 Å². The van der Waals surface area contributed by atoms with Crippen LogP contribution in [0.5, 0.6) is 0 Å². The Morgan fingerprint density at radius 2 is 1.25 bits per heavy atom. The summed E-state index contributed by atoms with van der Waals surface area (Å²) in [5.41, 5.74) is 2.76. The zero-order valence-corrected chi connectivity index (χ0v) is 17.3. The number of nitrogens with zero attached hydrogens (tertiary/aromatic N) is 2. The van der Waals surface area contributed by atoms with Crippen LogP contribution >= 0.6 is 0 Å². The van der Waals surface area contributed by atoms with Crippen molar-refractivity contribution < 1.29 is 9.59 Å². The molecule has 0 radical (unpaired) electrons. The monoisotopic (exact) mass is 387 g/mol. The fourth-order valence-corrected chi connectivity index (χ4v) is 4.95. The summed E-state index contributed by atoms with van der Waals surface area (Å²) < 4.78 is 0. The molecule has 3 fully saturated rings. The lowest BCUT2D eigenvalue weighted by Crippen LogP contribution is -2.29. The highest BCUT2D eigenvalue weighted by atomic mass is 16.2. The van der Waals surface area contributed by atoms with Crippen LogP contribution in [-0.4, -0.2) is 30.7 Å². The van der Waals surface area contributed by atoms with E-state index in [0.717, 1.165) is 51.4 Å². The summed E-state index contributed by atoms with van der Waals surface area (Å²) >= 11 is 0. The van der Waals surface area contributed by atoms with Gasteiger partial charge in [-0.1, -0.05) is 38.5 Å². The van der Waals surface area contributed by atoms with Gasteiger partial charge < -0.3 is 0 Å². The Labute approximate surface area is 169 Å². The molecule has 0 aromatic rings. The molecule has 3 aliphatic rings. The third-order valence-corrected chi connectivity index (χ3v) is 6.88. The number of carbonyl (C=O) groups excluding carboxylic acids is 2. The molecule has 5 heteroatoms. The molecule has 156 valence electrons. The largest absolute Gasteiger partial charge is 0.297 e. The van der Waals surface area contributed by atoms with Crippen molar-refractivity contribution in [3.63, 3.8) is 0 Å². The minimum Gasteiger partial charge on any atom is -0.297 e. The Morgan fingerprint density at radius 1 is 0.714 bits per heavy atom. The van der Waals surface area contributed by atoms with Gasteiger partial charge in [-0.2, -0.15) is 5.10 Å². The first-order chi connectivity index (χ1) is 13.7. The van der Waals surface area contributed by atoms with Crippen LogP contribution in [0.4, 0.5) is 0 Å². The molecule has 0 heterocycles. The van der Waals surface area contributed by atoms with Crippen molar-refractivity contribution in [2.75, 3.05) is 6.54 Å². The quantitative estimate of drug-likeness (QED) is 0.508. The summed E-state index contributed by atoms with van der Waals surface area (Å²) in [4.78, 5) is 28.8. The van der Waals surface area contributed by atoms with E-state index in [2.05, 4.69) is 15.5 Å². The molecule has 0 bridgehead atoms. The maximum Gasteiger partial charge on any atom is 0.243 e. The van der Waals surface area contributed by atoms with Crippen molar-refractivity contribution >= 4 is 24.1 Å². The smallest absolute Gasteiger partial charge is 0.243 e. The van der Waals surface area contributed by atoms with Crippen LogP contribution in [0.1, 0.15) is 89.9 Å². The van der Waals surface area contributed by atoms with Crippen molar-refractivity contribution in [2.45, 2.75) is 89.9 Å². The molecule has 0 aliphatic heterocycles. The van der Waals surface area contributed by atoms with Gasteiger partial charge in [0.25, 0.3) is 0 Å². The second-order valence-corrected chi connectivity index (χ2v) is 9.06. The first-order valence-electron chi connectivity index (χ1n) is 11.6. The predicted molar refractivity (Wildman–Crippen MR) is 114 cm³/mol. The summed E-state index contributed by atoms with van der Waals surface area (Å²) in [6.45, 7) is 0.374. The number of rotatable bonds is 7. The Morgan fingerprint density at radius 3 is 1.86 bits per heavy atom. The number of Topliss-reactive ketones (excluding diaryl/α,β-unsaturated/α-hetero) is 1. The van der Waals surface area contributed by atoms with E-state index in [0.29, 0.717) is 24.2 Å². The van der Waals surface area contributed by atoms with Crippen molar-refractivity contribution in [3.05, 3.63) is 0 Å². The third-order valence-electron chi connectivity index (χ3n) is 6.88. The molecule has 3 rings (SSSR count). The normalized spacial score (nSPS) is 28.0. The number of ketones is 1. The lowest BCUT2D eigenvalue weighted by atomic mass is 9.83. The van der Waals surface area contributed by atoms with Crippen LogP contribution in [0.2, 0.25) is 0 Å². The molecule has 3 aliphatic carbocycles. The van der Waals surface area contributed by atoms with Gasteiger partial charge in [-0.3, -0.25) is 14.6 Å². The van der Waals surface area contributed by atoms with Gasteiger partial charge in [0.15, 0.2) is 5.78 Å². The van der Waals surface area contributed by atoms with E-state index in [9.17, 15) is 9.59 Å². The highest BCUT2D eigenvalue weighted by Gasteiger charge is 2.22. The fraction of sp³-hybridized carbons (Fsp3) is 0.826. The van der Waals surface area contributed by atoms with Crippen LogP contribution in [0.25, 0.3) is 0 Å². The molecule has 0 spiro atoms. The second kappa shape index (κ2) is 11.5. The van der Waals surface area contributed by atoms with E-state index in [-0.39, 0.29) is 17.7 Å². The van der Waals surface area contributed by atoms with Crippen LogP contribution in [0, 0.1) is 23.7 Å². The van der Waals surface area contributed by atoms with Gasteiger partial charge in [0.2, 0.25) is 5.91 Å². The summed E-state index contributed by atoms with van der Waals surface area (Å²) in [6, 6.07) is 0. The van der Waals surface area contributed by atoms with Crippen LogP contribution in [0.3, 0.4) is 0 Å². The Bertz CT molecular complexity index is 502. The maximum absolute atomic E-state index is 12.2. The highest BCUT2D eigenvalue weighted by molar-refractivity contribution is 5.84. The van der Waals surface area contributed by atoms with Crippen LogP contribution in [-0.2, 0) is 9.59 Å². The predicted octanol–water partition coefficient (Wildman–Crippen LogP) is 4.70. The van der Waals surface area contributed by atoms with E-state index in [1.54, 1.807) is 0 Å². The number of carbonyl (C=O) groups is 2. The van der Waals surface area contributed by atoms with Gasteiger partial charge in [0, 0.05) is 24.3 Å². The van der Waals surface area contributed by atoms with Gasteiger partial charge in [-0.05, 0) is 63.2 Å². The van der Waals surface area contributed by atoms with E-state index in [1.165, 1.54) is 38.5 Å². The summed E-state index contributed by atoms with van der Waals surface area (Å²) in [6.07, 6.45) is 19.7. The SMILES string of the molecule is O=C(CN=CC1CCC(/C=N\NC(=O)C2CCCCC2)CC1)C1CCCCC1. The van der Waals surface area contributed by atoms with E-state index in [1.807, 2.05) is 12.4 Å². The van der Waals surface area contributed by atoms with E-state index in [4.69, 9.17) is 0 Å². The standard InChI is InChI=1S/C23H37N3O2/c27-22(20-7-3-1-4-8-20)17-24-15-18-11-13-19(14-12-18)16-25-26-23(28)21-9-5-2-6-10-21/h15-16,18-21H,1-14,17H2,(H,26,28)/b24-15?,25-16-. The van der Waals surface area contributed by atoms with Gasteiger partial charge in [-0.25, -0.2) is 5.43 Å². The molecule has 0 saturated heterocycles. The summed E-state index contributed by atoms with van der Waals surface area (Å²) in [5, 5.41) is 4.23. The number of hydrogen-bond donors (Lipinski definition) is 1. The molecule has 0 aromatic heterocycles.